The van der Waals surface area contributed by atoms with E-state index in [4.69, 9.17) is 10.8 Å². The van der Waals surface area contributed by atoms with Gasteiger partial charge in [0.25, 0.3) is 0 Å². The third kappa shape index (κ3) is 0.799. The predicted molar refractivity (Wildman–Crippen MR) is 29.6 cm³/mol. The van der Waals surface area contributed by atoms with Crippen LogP contribution in [0.2, 0.25) is 0 Å². The second-order valence-corrected chi connectivity index (χ2v) is 2.40. The van der Waals surface area contributed by atoms with Gasteiger partial charge in [0.1, 0.15) is 18.2 Å². The summed E-state index contributed by atoms with van der Waals surface area (Å²) in [7, 11) is 0. The molecule has 9 heavy (non-hydrogen) atoms. The zero-order valence-corrected chi connectivity index (χ0v) is 5.13. The Morgan fingerprint density at radius 3 is 2.67 bits per heavy atom. The molecule has 1 heterocycles. The lowest BCUT2D eigenvalue weighted by atomic mass is 10.0. The number of rotatable bonds is 0. The summed E-state index contributed by atoms with van der Waals surface area (Å²) in [4.78, 5) is 10.6. The average Bonchev–Trinajstić information content (AvgIpc) is 1.96. The molecular formula is C5H9NO3. The SMILES string of the molecule is C[C@@]1(N)C(=O)OC[C@H]1O. The third-order valence-corrected chi connectivity index (χ3v) is 1.50. The number of hydrogen-bond acceptors (Lipinski definition) is 4. The first-order valence-corrected chi connectivity index (χ1v) is 2.69. The Morgan fingerprint density at radius 1 is 2.00 bits per heavy atom. The lowest BCUT2D eigenvalue weighted by Gasteiger charge is -2.14. The Labute approximate surface area is 52.6 Å². The maximum atomic E-state index is 10.6. The van der Waals surface area contributed by atoms with Gasteiger partial charge in [0.15, 0.2) is 0 Å². The van der Waals surface area contributed by atoms with Gasteiger partial charge in [0.2, 0.25) is 0 Å². The van der Waals surface area contributed by atoms with Crippen LogP contribution in [0.4, 0.5) is 0 Å². The molecule has 0 saturated carbocycles. The van der Waals surface area contributed by atoms with Gasteiger partial charge in [0.05, 0.1) is 0 Å². The zero-order valence-electron chi connectivity index (χ0n) is 5.13. The zero-order chi connectivity index (χ0) is 7.07. The topological polar surface area (TPSA) is 72.6 Å². The molecule has 4 heteroatoms. The van der Waals surface area contributed by atoms with Gasteiger partial charge in [-0.25, -0.2) is 4.79 Å². The van der Waals surface area contributed by atoms with Crippen molar-refractivity contribution in [2.45, 2.75) is 18.6 Å². The largest absolute Gasteiger partial charge is 0.461 e. The van der Waals surface area contributed by atoms with Crippen molar-refractivity contribution in [3.05, 3.63) is 0 Å². The lowest BCUT2D eigenvalue weighted by Crippen LogP contribution is -2.50. The fourth-order valence-corrected chi connectivity index (χ4v) is 0.619. The van der Waals surface area contributed by atoms with Crippen LogP contribution in [-0.4, -0.2) is 29.3 Å². The second-order valence-electron chi connectivity index (χ2n) is 2.40. The van der Waals surface area contributed by atoms with Crippen LogP contribution in [0.5, 0.6) is 0 Å². The van der Waals surface area contributed by atoms with E-state index in [0.29, 0.717) is 0 Å². The third-order valence-electron chi connectivity index (χ3n) is 1.50. The fraction of sp³-hybridized carbons (Fsp3) is 0.800. The maximum Gasteiger partial charge on any atom is 0.328 e. The van der Waals surface area contributed by atoms with Crippen molar-refractivity contribution in [3.8, 4) is 0 Å². The molecule has 0 radical (unpaired) electrons. The summed E-state index contributed by atoms with van der Waals surface area (Å²) >= 11 is 0. The lowest BCUT2D eigenvalue weighted by molar-refractivity contribution is -0.141. The first-order chi connectivity index (χ1) is 4.05. The highest BCUT2D eigenvalue weighted by atomic mass is 16.6. The molecule has 1 aliphatic heterocycles. The van der Waals surface area contributed by atoms with Gasteiger partial charge < -0.3 is 15.6 Å². The van der Waals surface area contributed by atoms with E-state index in [9.17, 15) is 4.79 Å². The van der Waals surface area contributed by atoms with Crippen molar-refractivity contribution in [2.24, 2.45) is 5.73 Å². The van der Waals surface area contributed by atoms with Crippen LogP contribution in [0.25, 0.3) is 0 Å². The highest BCUT2D eigenvalue weighted by Crippen LogP contribution is 2.16. The van der Waals surface area contributed by atoms with Crippen molar-refractivity contribution in [2.75, 3.05) is 6.61 Å². The van der Waals surface area contributed by atoms with Gasteiger partial charge >= 0.3 is 5.97 Å². The molecule has 1 fully saturated rings. The number of ether oxygens (including phenoxy) is 1. The number of nitrogens with two attached hydrogens (primary N) is 1. The van der Waals surface area contributed by atoms with Gasteiger partial charge in [0, 0.05) is 0 Å². The Kier molecular flexibility index (Phi) is 1.22. The van der Waals surface area contributed by atoms with Crippen molar-refractivity contribution in [1.82, 2.24) is 0 Å². The monoisotopic (exact) mass is 131 g/mol. The molecular weight excluding hydrogens is 122 g/mol. The molecule has 0 aromatic carbocycles. The van der Waals surface area contributed by atoms with Crippen LogP contribution in [0.1, 0.15) is 6.92 Å². The van der Waals surface area contributed by atoms with Crippen LogP contribution in [0.3, 0.4) is 0 Å². The molecule has 1 rings (SSSR count). The van der Waals surface area contributed by atoms with Crippen molar-refractivity contribution in [3.63, 3.8) is 0 Å². The average molecular weight is 131 g/mol. The number of aliphatic hydroxyl groups excluding tert-OH is 1. The van der Waals surface area contributed by atoms with Crippen LogP contribution in [-0.2, 0) is 9.53 Å². The molecule has 0 unspecified atom stereocenters. The van der Waals surface area contributed by atoms with Crippen molar-refractivity contribution < 1.29 is 14.6 Å². The van der Waals surface area contributed by atoms with Gasteiger partial charge in [-0.3, -0.25) is 0 Å². The summed E-state index contributed by atoms with van der Waals surface area (Å²) in [6.45, 7) is 1.47. The maximum absolute atomic E-state index is 10.6. The van der Waals surface area contributed by atoms with Crippen LogP contribution in [0.15, 0.2) is 0 Å². The summed E-state index contributed by atoms with van der Waals surface area (Å²) in [6, 6.07) is 0. The number of aliphatic hydroxyl groups is 1. The number of esters is 1. The number of hydrogen-bond donors (Lipinski definition) is 2. The van der Waals surface area contributed by atoms with Gasteiger partial charge in [-0.2, -0.15) is 0 Å². The van der Waals surface area contributed by atoms with E-state index in [0.717, 1.165) is 0 Å². The molecule has 0 aromatic rings. The normalized spacial score (nSPS) is 43.0. The standard InChI is InChI=1S/C5H9NO3/c1-5(6)3(7)2-9-4(5)8/h3,7H,2,6H2,1H3/t3-,5+/m1/s1. The summed E-state index contributed by atoms with van der Waals surface area (Å²) in [5.74, 6) is -0.532. The van der Waals surface area contributed by atoms with Gasteiger partial charge in [-0.1, -0.05) is 0 Å². The molecule has 0 bridgehead atoms. The molecule has 52 valence electrons. The minimum Gasteiger partial charge on any atom is -0.461 e. The van der Waals surface area contributed by atoms with E-state index in [1.54, 1.807) is 0 Å². The molecule has 4 nitrogen and oxygen atoms in total. The molecule has 0 aliphatic carbocycles. The van der Waals surface area contributed by atoms with E-state index >= 15 is 0 Å². The van der Waals surface area contributed by atoms with E-state index < -0.39 is 17.6 Å². The first-order valence-electron chi connectivity index (χ1n) is 2.69. The number of cyclic esters (lactones) is 1. The minimum absolute atomic E-state index is 0.0197. The molecule has 1 aliphatic rings. The highest BCUT2D eigenvalue weighted by Gasteiger charge is 2.44. The predicted octanol–water partition coefficient (Wildman–Crippen LogP) is -1.38. The van der Waals surface area contributed by atoms with E-state index in [-0.39, 0.29) is 6.61 Å². The smallest absolute Gasteiger partial charge is 0.328 e. The Balaban J connectivity index is 2.78. The number of carbonyl (C=O) groups is 1. The molecule has 3 N–H and O–H groups in total. The molecule has 2 atom stereocenters. The quantitative estimate of drug-likeness (QED) is 0.397. The molecule has 0 aromatic heterocycles. The number of carbonyl (C=O) groups excluding carboxylic acids is 1. The van der Waals surface area contributed by atoms with Crippen LogP contribution < -0.4 is 5.73 Å². The molecule has 1 saturated heterocycles. The van der Waals surface area contributed by atoms with Crippen molar-refractivity contribution >= 4 is 5.97 Å². The highest BCUT2D eigenvalue weighted by molar-refractivity contribution is 5.82. The Hall–Kier alpha value is -0.610. The second kappa shape index (κ2) is 1.68. The summed E-state index contributed by atoms with van der Waals surface area (Å²) in [5.41, 5.74) is 4.15. The molecule has 0 amide bonds. The summed E-state index contributed by atoms with van der Waals surface area (Å²) in [5, 5.41) is 8.96. The molecule has 0 spiro atoms. The van der Waals surface area contributed by atoms with Gasteiger partial charge in [-0.15, -0.1) is 0 Å². The Morgan fingerprint density at radius 2 is 2.56 bits per heavy atom. The summed E-state index contributed by atoms with van der Waals surface area (Å²) in [6.07, 6.45) is -0.856. The van der Waals surface area contributed by atoms with Crippen LogP contribution >= 0.6 is 0 Å². The fourth-order valence-electron chi connectivity index (χ4n) is 0.619. The van der Waals surface area contributed by atoms with E-state index in [2.05, 4.69) is 4.74 Å². The Bertz CT molecular complexity index is 143. The minimum atomic E-state index is -1.19. The van der Waals surface area contributed by atoms with Gasteiger partial charge in [-0.05, 0) is 6.92 Å². The van der Waals surface area contributed by atoms with E-state index in [1.807, 2.05) is 0 Å². The van der Waals surface area contributed by atoms with E-state index in [1.165, 1.54) is 6.92 Å². The first kappa shape index (κ1) is 6.51. The van der Waals surface area contributed by atoms with Crippen LogP contribution in [0, 0.1) is 0 Å². The summed E-state index contributed by atoms with van der Waals surface area (Å²) < 4.78 is 4.47. The van der Waals surface area contributed by atoms with Crippen molar-refractivity contribution in [1.29, 1.82) is 0 Å².